The normalized spacial score (nSPS) is 12.3. The van der Waals surface area contributed by atoms with Crippen LogP contribution in [0.2, 0.25) is 0 Å². The topological polar surface area (TPSA) is 62.6 Å². The summed E-state index contributed by atoms with van der Waals surface area (Å²) in [4.78, 5) is 24.7. The van der Waals surface area contributed by atoms with E-state index in [1.807, 2.05) is 19.1 Å². The first-order valence-electron chi connectivity index (χ1n) is 8.29. The van der Waals surface area contributed by atoms with E-state index in [4.69, 9.17) is 0 Å². The number of nitrogens with one attached hydrogen (secondary N) is 3. The third-order valence-electron chi connectivity index (χ3n) is 3.85. The number of hydrogen-bond acceptors (Lipinski definition) is 2. The van der Waals surface area contributed by atoms with E-state index >= 15 is 0 Å². The van der Waals surface area contributed by atoms with E-state index in [1.54, 1.807) is 19.2 Å². The highest BCUT2D eigenvalue weighted by atomic mass is 19.4. The number of benzene rings is 2. The highest BCUT2D eigenvalue weighted by molar-refractivity contribution is 5.94. The lowest BCUT2D eigenvalue weighted by Gasteiger charge is -2.16. The summed E-state index contributed by atoms with van der Waals surface area (Å²) in [5.41, 5.74) is 0.379. The molecule has 5 nitrogen and oxygen atoms in total. The molecule has 0 radical (unpaired) electrons. The molecule has 0 spiro atoms. The molecule has 0 heterocycles. The van der Waals surface area contributed by atoms with Crippen LogP contribution in [0.15, 0.2) is 48.5 Å². The van der Waals surface area contributed by atoms with E-state index in [-0.39, 0.29) is 24.7 Å². The summed E-state index contributed by atoms with van der Waals surface area (Å²) in [6.07, 6.45) is -4.56. The molecule has 0 bridgehead atoms. The molecule has 2 amide bonds. The van der Waals surface area contributed by atoms with Crippen molar-refractivity contribution in [1.29, 1.82) is 0 Å². The zero-order chi connectivity index (χ0) is 20.0. The number of para-hydroxylation sites is 2. The van der Waals surface area contributed by atoms with Crippen LogP contribution in [0.25, 0.3) is 0 Å². The van der Waals surface area contributed by atoms with Crippen molar-refractivity contribution in [2.24, 2.45) is 0 Å². The van der Waals surface area contributed by atoms with Crippen LogP contribution in [0.3, 0.4) is 0 Å². The number of halogens is 3. The van der Waals surface area contributed by atoms with Crippen molar-refractivity contribution < 1.29 is 27.7 Å². The Hall–Kier alpha value is -2.87. The molecule has 0 fully saturated rings. The second-order valence-corrected chi connectivity index (χ2v) is 6.27. The van der Waals surface area contributed by atoms with Crippen LogP contribution in [-0.4, -0.2) is 32.0 Å². The van der Waals surface area contributed by atoms with E-state index in [9.17, 15) is 22.8 Å². The fourth-order valence-electron chi connectivity index (χ4n) is 2.55. The maximum atomic E-state index is 13.0. The Morgan fingerprint density at radius 3 is 1.93 bits per heavy atom. The fourth-order valence-corrected chi connectivity index (χ4v) is 2.55. The predicted molar refractivity (Wildman–Crippen MR) is 96.5 cm³/mol. The zero-order valence-electron chi connectivity index (χ0n) is 15.0. The van der Waals surface area contributed by atoms with Crippen molar-refractivity contribution in [1.82, 2.24) is 0 Å². The van der Waals surface area contributed by atoms with Crippen LogP contribution in [0.4, 0.5) is 24.5 Å². The zero-order valence-corrected chi connectivity index (χ0v) is 15.0. The second kappa shape index (κ2) is 8.68. The number of amides is 2. The molecule has 2 aromatic rings. The Morgan fingerprint density at radius 1 is 0.889 bits per heavy atom. The predicted octanol–water partition coefficient (Wildman–Crippen LogP) is 2.11. The third-order valence-corrected chi connectivity index (χ3v) is 3.85. The van der Waals surface area contributed by atoms with Crippen LogP contribution >= 0.6 is 0 Å². The number of quaternary nitrogens is 1. The number of rotatable bonds is 6. The van der Waals surface area contributed by atoms with Gasteiger partial charge >= 0.3 is 6.18 Å². The van der Waals surface area contributed by atoms with Gasteiger partial charge in [-0.3, -0.25) is 9.59 Å². The molecule has 1 unspecified atom stereocenters. The largest absolute Gasteiger partial charge is 0.418 e. The van der Waals surface area contributed by atoms with Crippen LogP contribution in [-0.2, 0) is 15.8 Å². The lowest BCUT2D eigenvalue weighted by molar-refractivity contribution is -0.862. The molecular formula is C19H21F3N3O2+. The summed E-state index contributed by atoms with van der Waals surface area (Å²) < 4.78 is 38.9. The Kier molecular flexibility index (Phi) is 6.57. The van der Waals surface area contributed by atoms with Gasteiger partial charge in [-0.2, -0.15) is 13.2 Å². The summed E-state index contributed by atoms with van der Waals surface area (Å²) >= 11 is 0. The minimum Gasteiger partial charge on any atom is -0.322 e. The van der Waals surface area contributed by atoms with Crippen LogP contribution in [0.5, 0.6) is 0 Å². The van der Waals surface area contributed by atoms with Crippen molar-refractivity contribution >= 4 is 23.2 Å². The van der Waals surface area contributed by atoms with E-state index in [0.29, 0.717) is 10.6 Å². The Balaban J connectivity index is 1.91. The van der Waals surface area contributed by atoms with Gasteiger partial charge in [0.1, 0.15) is 0 Å². The molecule has 0 aromatic heterocycles. The molecule has 0 saturated carbocycles. The Labute approximate surface area is 155 Å². The smallest absolute Gasteiger partial charge is 0.322 e. The van der Waals surface area contributed by atoms with Gasteiger partial charge < -0.3 is 15.5 Å². The number of hydrogen-bond donors (Lipinski definition) is 3. The number of anilines is 2. The van der Waals surface area contributed by atoms with Gasteiger partial charge in [-0.05, 0) is 30.7 Å². The summed E-state index contributed by atoms with van der Waals surface area (Å²) in [5, 5.41) is 5.02. The van der Waals surface area contributed by atoms with Gasteiger partial charge in [-0.1, -0.05) is 30.3 Å². The first kappa shape index (κ1) is 20.4. The van der Waals surface area contributed by atoms with Gasteiger partial charge in [0.15, 0.2) is 13.1 Å². The number of carbonyl (C=O) groups excluding carboxylic acids is 2. The van der Waals surface area contributed by atoms with E-state index in [1.165, 1.54) is 18.2 Å². The minimum absolute atomic E-state index is 0.00265. The molecule has 27 heavy (non-hydrogen) atoms. The average Bonchev–Trinajstić information content (AvgIpc) is 2.56. The maximum Gasteiger partial charge on any atom is 0.418 e. The van der Waals surface area contributed by atoms with Crippen molar-refractivity contribution in [3.05, 3.63) is 59.7 Å². The van der Waals surface area contributed by atoms with Gasteiger partial charge in [-0.15, -0.1) is 0 Å². The van der Waals surface area contributed by atoms with Crippen molar-refractivity contribution in [3.8, 4) is 0 Å². The first-order chi connectivity index (χ1) is 12.7. The molecule has 0 aliphatic carbocycles. The molecule has 2 aromatic carbocycles. The third kappa shape index (κ3) is 6.10. The van der Waals surface area contributed by atoms with Gasteiger partial charge in [0.25, 0.3) is 11.8 Å². The highest BCUT2D eigenvalue weighted by Gasteiger charge is 2.33. The minimum atomic E-state index is -4.56. The fraction of sp³-hybridized carbons (Fsp3) is 0.263. The Morgan fingerprint density at radius 2 is 1.37 bits per heavy atom. The molecule has 1 atom stereocenters. The van der Waals surface area contributed by atoms with E-state index < -0.39 is 17.6 Å². The lowest BCUT2D eigenvalue weighted by atomic mass is 10.1. The van der Waals surface area contributed by atoms with Gasteiger partial charge in [-0.25, -0.2) is 0 Å². The number of aryl methyl sites for hydroxylation is 1. The molecule has 8 heteroatoms. The highest BCUT2D eigenvalue weighted by Crippen LogP contribution is 2.34. The standard InChI is InChI=1S/C19H20F3N3O2/c1-13-7-3-5-9-15(13)23-17(26)11-25(2)12-18(27)24-16-10-6-4-8-14(16)19(20,21)22/h3-10H,11-12H2,1-2H3,(H,23,26)(H,24,27)/p+1. The van der Waals surface area contributed by atoms with Crippen molar-refractivity contribution in [2.45, 2.75) is 13.1 Å². The lowest BCUT2D eigenvalue weighted by Crippen LogP contribution is -3.11. The maximum absolute atomic E-state index is 13.0. The quantitative estimate of drug-likeness (QED) is 0.719. The second-order valence-electron chi connectivity index (χ2n) is 6.27. The summed E-state index contributed by atoms with van der Waals surface area (Å²) in [6, 6.07) is 12.0. The molecule has 144 valence electrons. The Bertz CT molecular complexity index is 822. The molecule has 0 aliphatic rings. The van der Waals surface area contributed by atoms with Crippen LogP contribution in [0.1, 0.15) is 11.1 Å². The molecule has 3 N–H and O–H groups in total. The molecular weight excluding hydrogens is 359 g/mol. The average molecular weight is 380 g/mol. The summed E-state index contributed by atoms with van der Waals surface area (Å²) in [6.45, 7) is 1.72. The van der Waals surface area contributed by atoms with Crippen LogP contribution < -0.4 is 15.5 Å². The van der Waals surface area contributed by atoms with E-state index in [0.717, 1.165) is 11.6 Å². The molecule has 0 aliphatic heterocycles. The van der Waals surface area contributed by atoms with Crippen molar-refractivity contribution in [3.63, 3.8) is 0 Å². The van der Waals surface area contributed by atoms with Gasteiger partial charge in [0.2, 0.25) is 0 Å². The van der Waals surface area contributed by atoms with E-state index in [2.05, 4.69) is 10.6 Å². The summed E-state index contributed by atoms with van der Waals surface area (Å²) in [7, 11) is 1.62. The molecule has 0 saturated heterocycles. The number of alkyl halides is 3. The van der Waals surface area contributed by atoms with Crippen LogP contribution in [0, 0.1) is 6.92 Å². The van der Waals surface area contributed by atoms with Gasteiger partial charge in [0.05, 0.1) is 18.3 Å². The SMILES string of the molecule is Cc1ccccc1NC(=O)C[NH+](C)CC(=O)Nc1ccccc1C(F)(F)F. The monoisotopic (exact) mass is 380 g/mol. The number of carbonyl (C=O) groups is 2. The molecule has 2 rings (SSSR count). The van der Waals surface area contributed by atoms with Crippen molar-refractivity contribution in [2.75, 3.05) is 30.8 Å². The first-order valence-corrected chi connectivity index (χ1v) is 8.29. The number of likely N-dealkylation sites (N-methyl/N-ethyl adjacent to an activating group) is 1. The summed E-state index contributed by atoms with van der Waals surface area (Å²) in [5.74, 6) is -0.891. The van der Waals surface area contributed by atoms with Gasteiger partial charge in [0, 0.05) is 5.69 Å².